The number of hydrogen-bond acceptors (Lipinski definition) is 4. The Bertz CT molecular complexity index is 551. The van der Waals surface area contributed by atoms with Gasteiger partial charge in [-0.05, 0) is 32.9 Å². The molecule has 6 nitrogen and oxygen atoms in total. The van der Waals surface area contributed by atoms with Crippen LogP contribution in [0, 0.1) is 5.92 Å². The number of nitrogens with two attached hydrogens (primary N) is 1. The van der Waals surface area contributed by atoms with E-state index in [4.69, 9.17) is 5.73 Å². The van der Waals surface area contributed by atoms with E-state index in [0.29, 0.717) is 30.9 Å². The molecular weight excluding hydrogens is 268 g/mol. The summed E-state index contributed by atoms with van der Waals surface area (Å²) in [6.45, 7) is 7.41. The standard InChI is InChI=1S/C15H22N4O2/c1-15(2,3)19-9-10(7-12(19)20)8-18-14-11(13(16)21)5-4-6-17-14/h4-6,10H,7-9H2,1-3H3,(H2,16,21)(H,17,18)/t10-/m1/s1. The number of carbonyl (C=O) groups is 2. The van der Waals surface area contributed by atoms with Crippen molar-refractivity contribution < 1.29 is 9.59 Å². The summed E-state index contributed by atoms with van der Waals surface area (Å²) in [5, 5.41) is 3.14. The van der Waals surface area contributed by atoms with Crippen LogP contribution in [-0.2, 0) is 4.79 Å². The van der Waals surface area contributed by atoms with Crippen LogP contribution < -0.4 is 11.1 Å². The summed E-state index contributed by atoms with van der Waals surface area (Å²) >= 11 is 0. The quantitative estimate of drug-likeness (QED) is 0.873. The Balaban J connectivity index is 1.99. The van der Waals surface area contributed by atoms with Crippen LogP contribution in [0.4, 0.5) is 5.82 Å². The van der Waals surface area contributed by atoms with Gasteiger partial charge in [-0.25, -0.2) is 4.98 Å². The molecule has 2 heterocycles. The van der Waals surface area contributed by atoms with Crippen LogP contribution in [0.1, 0.15) is 37.6 Å². The Hall–Kier alpha value is -2.11. The van der Waals surface area contributed by atoms with Crippen LogP contribution in [0.15, 0.2) is 18.3 Å². The lowest BCUT2D eigenvalue weighted by Gasteiger charge is -2.32. The van der Waals surface area contributed by atoms with Gasteiger partial charge in [-0.1, -0.05) is 0 Å². The van der Waals surface area contributed by atoms with E-state index in [2.05, 4.69) is 10.3 Å². The molecule has 1 fully saturated rings. The zero-order chi connectivity index (χ0) is 15.6. The van der Waals surface area contributed by atoms with Gasteiger partial charge < -0.3 is 16.0 Å². The second-order valence-electron chi connectivity index (χ2n) is 6.39. The molecule has 1 aromatic heterocycles. The largest absolute Gasteiger partial charge is 0.369 e. The second-order valence-corrected chi connectivity index (χ2v) is 6.39. The maximum absolute atomic E-state index is 12.0. The van der Waals surface area contributed by atoms with Gasteiger partial charge in [-0.15, -0.1) is 0 Å². The molecule has 2 rings (SSSR count). The van der Waals surface area contributed by atoms with E-state index >= 15 is 0 Å². The molecule has 2 amide bonds. The highest BCUT2D eigenvalue weighted by molar-refractivity contribution is 5.97. The Labute approximate surface area is 124 Å². The summed E-state index contributed by atoms with van der Waals surface area (Å²) in [5.74, 6) is 0.348. The smallest absolute Gasteiger partial charge is 0.252 e. The number of carbonyl (C=O) groups excluding carboxylic acids is 2. The zero-order valence-corrected chi connectivity index (χ0v) is 12.7. The number of rotatable bonds is 4. The molecule has 114 valence electrons. The first-order valence-electron chi connectivity index (χ1n) is 7.08. The van der Waals surface area contributed by atoms with E-state index in [9.17, 15) is 9.59 Å². The normalized spacial score (nSPS) is 18.9. The lowest BCUT2D eigenvalue weighted by molar-refractivity contribution is -0.131. The lowest BCUT2D eigenvalue weighted by Crippen LogP contribution is -2.42. The number of anilines is 1. The summed E-state index contributed by atoms with van der Waals surface area (Å²) in [4.78, 5) is 29.4. The number of amides is 2. The SMILES string of the molecule is CC(C)(C)N1C[C@@H](CNc2ncccc2C(N)=O)CC1=O. The molecule has 0 saturated carbocycles. The van der Waals surface area contributed by atoms with Crippen molar-refractivity contribution in [2.75, 3.05) is 18.4 Å². The first-order chi connectivity index (χ1) is 9.79. The minimum atomic E-state index is -0.510. The number of hydrogen-bond donors (Lipinski definition) is 2. The molecule has 0 aliphatic carbocycles. The number of nitrogens with zero attached hydrogens (tertiary/aromatic N) is 2. The van der Waals surface area contributed by atoms with Gasteiger partial charge >= 0.3 is 0 Å². The van der Waals surface area contributed by atoms with Gasteiger partial charge in [0, 0.05) is 37.2 Å². The Morgan fingerprint density at radius 1 is 1.52 bits per heavy atom. The summed E-state index contributed by atoms with van der Waals surface area (Å²) in [7, 11) is 0. The van der Waals surface area contributed by atoms with E-state index in [1.165, 1.54) is 0 Å². The van der Waals surface area contributed by atoms with E-state index < -0.39 is 5.91 Å². The Morgan fingerprint density at radius 3 is 2.81 bits per heavy atom. The first-order valence-corrected chi connectivity index (χ1v) is 7.08. The van der Waals surface area contributed by atoms with Crippen molar-refractivity contribution in [3.05, 3.63) is 23.9 Å². The molecule has 0 bridgehead atoms. The van der Waals surface area contributed by atoms with Gasteiger partial charge in [0.25, 0.3) is 5.91 Å². The molecule has 0 aromatic carbocycles. The van der Waals surface area contributed by atoms with Crippen molar-refractivity contribution >= 4 is 17.6 Å². The van der Waals surface area contributed by atoms with Crippen LogP contribution >= 0.6 is 0 Å². The fraction of sp³-hybridized carbons (Fsp3) is 0.533. The van der Waals surface area contributed by atoms with Gasteiger partial charge in [0.1, 0.15) is 5.82 Å². The summed E-state index contributed by atoms with van der Waals surface area (Å²) < 4.78 is 0. The third kappa shape index (κ3) is 3.51. The lowest BCUT2D eigenvalue weighted by atomic mass is 10.1. The van der Waals surface area contributed by atoms with Gasteiger partial charge in [0.15, 0.2) is 0 Å². The van der Waals surface area contributed by atoms with Gasteiger partial charge in [0.2, 0.25) is 5.91 Å². The van der Waals surface area contributed by atoms with Crippen molar-refractivity contribution in [1.29, 1.82) is 0 Å². The molecule has 1 aliphatic heterocycles. The first kappa shape index (κ1) is 15.3. The maximum Gasteiger partial charge on any atom is 0.252 e. The number of primary amides is 1. The molecule has 0 unspecified atom stereocenters. The van der Waals surface area contributed by atoms with Gasteiger partial charge in [-0.3, -0.25) is 9.59 Å². The number of pyridine rings is 1. The average molecular weight is 290 g/mol. The summed E-state index contributed by atoms with van der Waals surface area (Å²) in [5.41, 5.74) is 5.53. The third-order valence-electron chi connectivity index (χ3n) is 3.65. The molecule has 1 saturated heterocycles. The number of nitrogens with one attached hydrogen (secondary N) is 1. The van der Waals surface area contributed by atoms with Crippen LogP contribution in [0.3, 0.4) is 0 Å². The number of likely N-dealkylation sites (tertiary alicyclic amines) is 1. The summed E-state index contributed by atoms with van der Waals surface area (Å²) in [6, 6.07) is 3.31. The third-order valence-corrected chi connectivity index (χ3v) is 3.65. The highest BCUT2D eigenvalue weighted by Gasteiger charge is 2.35. The second kappa shape index (κ2) is 5.71. The van der Waals surface area contributed by atoms with Crippen molar-refractivity contribution in [3.63, 3.8) is 0 Å². The van der Waals surface area contributed by atoms with E-state index in [1.54, 1.807) is 18.3 Å². The highest BCUT2D eigenvalue weighted by atomic mass is 16.2. The Morgan fingerprint density at radius 2 is 2.24 bits per heavy atom. The molecule has 1 atom stereocenters. The van der Waals surface area contributed by atoms with Crippen LogP contribution in [0.5, 0.6) is 0 Å². The van der Waals surface area contributed by atoms with Crippen LogP contribution in [0.25, 0.3) is 0 Å². The molecule has 1 aromatic rings. The van der Waals surface area contributed by atoms with E-state index in [0.717, 1.165) is 0 Å². The van der Waals surface area contributed by atoms with Gasteiger partial charge in [0.05, 0.1) is 5.56 Å². The minimum Gasteiger partial charge on any atom is -0.369 e. The predicted octanol–water partition coefficient (Wildman–Crippen LogP) is 1.24. The maximum atomic E-state index is 12.0. The van der Waals surface area contributed by atoms with Crippen molar-refractivity contribution in [2.24, 2.45) is 11.7 Å². The van der Waals surface area contributed by atoms with E-state index in [-0.39, 0.29) is 17.4 Å². The predicted molar refractivity (Wildman–Crippen MR) is 80.8 cm³/mol. The molecule has 3 N–H and O–H groups in total. The fourth-order valence-electron chi connectivity index (χ4n) is 2.55. The van der Waals surface area contributed by atoms with Crippen LogP contribution in [0.2, 0.25) is 0 Å². The molecule has 6 heteroatoms. The summed E-state index contributed by atoms with van der Waals surface area (Å²) in [6.07, 6.45) is 2.12. The molecule has 0 radical (unpaired) electrons. The fourth-order valence-corrected chi connectivity index (χ4v) is 2.55. The number of aromatic nitrogens is 1. The highest BCUT2D eigenvalue weighted by Crippen LogP contribution is 2.26. The topological polar surface area (TPSA) is 88.3 Å². The van der Waals surface area contributed by atoms with Crippen molar-refractivity contribution in [1.82, 2.24) is 9.88 Å². The van der Waals surface area contributed by atoms with Crippen LogP contribution in [-0.4, -0.2) is 40.3 Å². The van der Waals surface area contributed by atoms with E-state index in [1.807, 2.05) is 25.7 Å². The minimum absolute atomic E-state index is 0.158. The molecule has 0 spiro atoms. The molecule has 1 aliphatic rings. The molecular formula is C15H22N4O2. The average Bonchev–Trinajstić information content (AvgIpc) is 2.78. The van der Waals surface area contributed by atoms with Crippen molar-refractivity contribution in [2.45, 2.75) is 32.7 Å². The van der Waals surface area contributed by atoms with Crippen molar-refractivity contribution in [3.8, 4) is 0 Å². The monoisotopic (exact) mass is 290 g/mol. The van der Waals surface area contributed by atoms with Gasteiger partial charge in [-0.2, -0.15) is 0 Å². The molecule has 21 heavy (non-hydrogen) atoms. The zero-order valence-electron chi connectivity index (χ0n) is 12.7. The Kier molecular flexibility index (Phi) is 4.16.